The summed E-state index contributed by atoms with van der Waals surface area (Å²) < 4.78 is 2.37. The van der Waals surface area contributed by atoms with E-state index in [-0.39, 0.29) is 5.41 Å². The van der Waals surface area contributed by atoms with Gasteiger partial charge >= 0.3 is 0 Å². The number of hydrogen-bond acceptors (Lipinski definition) is 2. The zero-order valence-electron chi connectivity index (χ0n) is 35.5. The molecule has 10 aromatic carbocycles. The van der Waals surface area contributed by atoms with Crippen LogP contribution >= 0.6 is 0 Å². The van der Waals surface area contributed by atoms with E-state index in [0.29, 0.717) is 0 Å². The van der Waals surface area contributed by atoms with E-state index in [1.807, 2.05) is 0 Å². The molecule has 2 heterocycles. The molecule has 3 nitrogen and oxygen atoms in total. The zero-order chi connectivity index (χ0) is 42.5. The lowest BCUT2D eigenvalue weighted by atomic mass is 9.80. The van der Waals surface area contributed by atoms with E-state index in [2.05, 4.69) is 219 Å². The molecular formula is C61H41N3. The number of para-hydroxylation sites is 2. The molecule has 0 radical (unpaired) electrons. The van der Waals surface area contributed by atoms with Crippen LogP contribution in [0.5, 0.6) is 0 Å². The second kappa shape index (κ2) is 13.9. The van der Waals surface area contributed by atoms with Gasteiger partial charge in [-0.15, -0.1) is 0 Å². The van der Waals surface area contributed by atoms with Gasteiger partial charge in [-0.2, -0.15) is 0 Å². The van der Waals surface area contributed by atoms with Gasteiger partial charge in [0, 0.05) is 45.0 Å². The van der Waals surface area contributed by atoms with Gasteiger partial charge in [0.15, 0.2) is 0 Å². The lowest BCUT2D eigenvalue weighted by molar-refractivity contribution is 0.661. The molecule has 0 aliphatic heterocycles. The summed E-state index contributed by atoms with van der Waals surface area (Å²) in [5, 5.41) is 7.19. The lowest BCUT2D eigenvalue weighted by Gasteiger charge is -2.23. The SMILES string of the molecule is CC1(C)c2cc(-c3cccc(-c4ccc(-c5ccc6c(c5)c5ccccc5n6-c5ccccc5)cc4)c3)ccc2-c2ccc(-c3ccc4c(c3)c3ccccc3c3nccnc43)cc21. The van der Waals surface area contributed by atoms with Crippen LogP contribution in [0, 0.1) is 0 Å². The van der Waals surface area contributed by atoms with Crippen molar-refractivity contribution < 1.29 is 0 Å². The van der Waals surface area contributed by atoms with E-state index in [0.717, 1.165) is 21.8 Å². The third kappa shape index (κ3) is 5.54. The fourth-order valence-electron chi connectivity index (χ4n) is 10.6. The molecule has 0 N–H and O–H groups in total. The third-order valence-corrected chi connectivity index (χ3v) is 13.9. The standard InChI is InChI=1S/C61H41N3/c1-61(2)55-36-44(23-27-48(55)49-28-24-45(37-56(49)61)43-25-29-52-53(34-43)47-15-6-7-17-51(47)59-60(52)63-32-31-62-59)41-12-10-11-40(33-41)38-19-21-39(22-20-38)42-26-30-58-54(35-42)50-16-8-9-18-57(50)64(58)46-13-4-3-5-14-46/h3-37H,1-2H3. The third-order valence-electron chi connectivity index (χ3n) is 13.9. The number of hydrogen-bond donors (Lipinski definition) is 0. The summed E-state index contributed by atoms with van der Waals surface area (Å²) in [4.78, 5) is 9.50. The van der Waals surface area contributed by atoms with Crippen molar-refractivity contribution in [3.63, 3.8) is 0 Å². The van der Waals surface area contributed by atoms with E-state index in [4.69, 9.17) is 9.97 Å². The molecule has 0 bridgehead atoms. The number of benzene rings is 10. The molecule has 2 aromatic heterocycles. The lowest BCUT2D eigenvalue weighted by Crippen LogP contribution is -2.15. The first-order valence-corrected chi connectivity index (χ1v) is 22.1. The Balaban J connectivity index is 0.808. The molecule has 0 fully saturated rings. The average molecular weight is 816 g/mol. The maximum Gasteiger partial charge on any atom is 0.0971 e. The molecule has 3 heteroatoms. The first-order valence-electron chi connectivity index (χ1n) is 22.1. The Hall–Kier alpha value is -8.14. The van der Waals surface area contributed by atoms with E-state index in [1.54, 1.807) is 12.4 Å². The molecule has 0 amide bonds. The number of nitrogens with zero attached hydrogens (tertiary/aromatic N) is 3. The summed E-state index contributed by atoms with van der Waals surface area (Å²) >= 11 is 0. The minimum Gasteiger partial charge on any atom is -0.309 e. The number of fused-ring (bicyclic) bond motifs is 12. The predicted molar refractivity (Wildman–Crippen MR) is 268 cm³/mol. The normalized spacial score (nSPS) is 13.0. The van der Waals surface area contributed by atoms with Crippen LogP contribution in [0.1, 0.15) is 25.0 Å². The minimum absolute atomic E-state index is 0.168. The molecular weight excluding hydrogens is 775 g/mol. The van der Waals surface area contributed by atoms with Gasteiger partial charge in [-0.1, -0.05) is 159 Å². The molecule has 0 saturated carbocycles. The molecule has 300 valence electrons. The minimum atomic E-state index is -0.168. The van der Waals surface area contributed by atoms with Crippen LogP contribution < -0.4 is 0 Å². The summed E-state index contributed by atoms with van der Waals surface area (Å²) in [5.74, 6) is 0. The Bertz CT molecular complexity index is 3820. The molecule has 0 saturated heterocycles. The fourth-order valence-corrected chi connectivity index (χ4v) is 10.6. The van der Waals surface area contributed by atoms with Crippen molar-refractivity contribution in [3.8, 4) is 61.3 Å². The van der Waals surface area contributed by atoms with Crippen LogP contribution in [0.15, 0.2) is 213 Å². The maximum atomic E-state index is 4.77. The predicted octanol–water partition coefficient (Wildman–Crippen LogP) is 16.0. The maximum absolute atomic E-state index is 4.77. The van der Waals surface area contributed by atoms with Crippen molar-refractivity contribution in [2.45, 2.75) is 19.3 Å². The Morgan fingerprint density at radius 3 is 1.48 bits per heavy atom. The van der Waals surface area contributed by atoms with Crippen LogP contribution in [0.3, 0.4) is 0 Å². The van der Waals surface area contributed by atoms with Crippen LogP contribution in [0.2, 0.25) is 0 Å². The quantitative estimate of drug-likeness (QED) is 0.162. The van der Waals surface area contributed by atoms with Crippen molar-refractivity contribution >= 4 is 54.4 Å². The van der Waals surface area contributed by atoms with Crippen molar-refractivity contribution in [1.29, 1.82) is 0 Å². The molecule has 0 unspecified atom stereocenters. The smallest absolute Gasteiger partial charge is 0.0971 e. The Labute approximate surface area is 371 Å². The largest absolute Gasteiger partial charge is 0.309 e. The van der Waals surface area contributed by atoms with Crippen molar-refractivity contribution in [1.82, 2.24) is 14.5 Å². The highest BCUT2D eigenvalue weighted by Crippen LogP contribution is 2.51. The van der Waals surface area contributed by atoms with E-state index < -0.39 is 0 Å². The summed E-state index contributed by atoms with van der Waals surface area (Å²) in [5.41, 5.74) is 20.4. The second-order valence-electron chi connectivity index (χ2n) is 17.8. The van der Waals surface area contributed by atoms with Crippen molar-refractivity contribution in [2.24, 2.45) is 0 Å². The van der Waals surface area contributed by atoms with Gasteiger partial charge in [0.25, 0.3) is 0 Å². The number of aromatic nitrogens is 3. The van der Waals surface area contributed by atoms with Gasteiger partial charge in [0.05, 0.1) is 22.1 Å². The van der Waals surface area contributed by atoms with Gasteiger partial charge in [0.1, 0.15) is 0 Å². The fraction of sp³-hybridized carbons (Fsp3) is 0.0492. The van der Waals surface area contributed by atoms with Gasteiger partial charge in [-0.05, 0) is 132 Å². The van der Waals surface area contributed by atoms with Crippen LogP contribution in [0.4, 0.5) is 0 Å². The van der Waals surface area contributed by atoms with Crippen LogP contribution in [0.25, 0.3) is 116 Å². The Morgan fingerprint density at radius 2 is 0.797 bits per heavy atom. The molecule has 12 aromatic rings. The van der Waals surface area contributed by atoms with E-state index in [1.165, 1.54) is 105 Å². The summed E-state index contributed by atoms with van der Waals surface area (Å²) in [7, 11) is 0. The molecule has 1 aliphatic rings. The molecule has 0 atom stereocenters. The first kappa shape index (κ1) is 36.5. The summed E-state index contributed by atoms with van der Waals surface area (Å²) in [6, 6.07) is 73.8. The molecule has 64 heavy (non-hydrogen) atoms. The zero-order valence-corrected chi connectivity index (χ0v) is 35.5. The highest BCUT2D eigenvalue weighted by Gasteiger charge is 2.36. The van der Waals surface area contributed by atoms with E-state index >= 15 is 0 Å². The Kier molecular flexibility index (Phi) is 7.95. The van der Waals surface area contributed by atoms with E-state index in [9.17, 15) is 0 Å². The second-order valence-corrected chi connectivity index (χ2v) is 17.8. The summed E-state index contributed by atoms with van der Waals surface area (Å²) in [6.07, 6.45) is 3.58. The summed E-state index contributed by atoms with van der Waals surface area (Å²) in [6.45, 7) is 4.75. The highest BCUT2D eigenvalue weighted by atomic mass is 15.0. The highest BCUT2D eigenvalue weighted by molar-refractivity contribution is 6.23. The van der Waals surface area contributed by atoms with Gasteiger partial charge in [-0.3, -0.25) is 9.97 Å². The Morgan fingerprint density at radius 1 is 0.328 bits per heavy atom. The molecule has 13 rings (SSSR count). The van der Waals surface area contributed by atoms with Crippen molar-refractivity contribution in [3.05, 3.63) is 224 Å². The van der Waals surface area contributed by atoms with Gasteiger partial charge < -0.3 is 4.57 Å². The molecule has 0 spiro atoms. The van der Waals surface area contributed by atoms with Crippen LogP contribution in [-0.4, -0.2) is 14.5 Å². The monoisotopic (exact) mass is 815 g/mol. The number of rotatable bonds is 5. The molecule has 1 aliphatic carbocycles. The van der Waals surface area contributed by atoms with Crippen molar-refractivity contribution in [2.75, 3.05) is 0 Å². The first-order chi connectivity index (χ1) is 31.5. The van der Waals surface area contributed by atoms with Crippen LogP contribution in [-0.2, 0) is 5.41 Å². The topological polar surface area (TPSA) is 30.7 Å². The van der Waals surface area contributed by atoms with Gasteiger partial charge in [-0.25, -0.2) is 0 Å². The average Bonchev–Trinajstić information content (AvgIpc) is 3.81. The van der Waals surface area contributed by atoms with Gasteiger partial charge in [0.2, 0.25) is 0 Å².